The van der Waals surface area contributed by atoms with Crippen LogP contribution in [0.25, 0.3) is 0 Å². The van der Waals surface area contributed by atoms with Gasteiger partial charge in [-0.2, -0.15) is 0 Å². The molecule has 0 N–H and O–H groups in total. The van der Waals surface area contributed by atoms with Crippen LogP contribution in [0.3, 0.4) is 0 Å². The molecule has 0 bridgehead atoms. The minimum atomic E-state index is -0.847. The Labute approximate surface area is 99.4 Å². The second kappa shape index (κ2) is 3.97. The first-order valence-electron chi connectivity index (χ1n) is 6.80. The highest BCUT2D eigenvalue weighted by Crippen LogP contribution is 2.59. The zero-order chi connectivity index (χ0) is 12.0. The summed E-state index contributed by atoms with van der Waals surface area (Å²) >= 11 is 0. The topological polar surface area (TPSA) is 3.24 Å². The Morgan fingerprint density at radius 2 is 1.50 bits per heavy atom. The fraction of sp³-hybridized carbons (Fsp3) is 1.00. The quantitative estimate of drug-likeness (QED) is 0.696. The van der Waals surface area contributed by atoms with Crippen molar-refractivity contribution < 1.29 is 4.39 Å². The normalized spacial score (nSPS) is 28.7. The molecule has 94 valence electrons. The largest absolute Gasteiger partial charge is 0.301 e. The fourth-order valence-electron chi connectivity index (χ4n) is 3.47. The van der Waals surface area contributed by atoms with Crippen LogP contribution in [-0.4, -0.2) is 29.7 Å². The molecule has 1 aliphatic carbocycles. The van der Waals surface area contributed by atoms with E-state index in [0.717, 1.165) is 12.8 Å². The fourth-order valence-corrected chi connectivity index (χ4v) is 3.47. The van der Waals surface area contributed by atoms with Gasteiger partial charge >= 0.3 is 0 Å². The van der Waals surface area contributed by atoms with Gasteiger partial charge in [-0.15, -0.1) is 0 Å². The van der Waals surface area contributed by atoms with Crippen molar-refractivity contribution in [2.75, 3.05) is 13.1 Å². The molecule has 1 saturated carbocycles. The first-order chi connectivity index (χ1) is 7.37. The molecule has 2 heteroatoms. The van der Waals surface area contributed by atoms with Gasteiger partial charge in [0.15, 0.2) is 0 Å². The molecule has 0 aromatic carbocycles. The maximum absolute atomic E-state index is 14.3. The molecule has 2 fully saturated rings. The second-order valence-corrected chi connectivity index (χ2v) is 6.67. The van der Waals surface area contributed by atoms with Crippen LogP contribution in [0.1, 0.15) is 53.4 Å². The molecule has 0 aromatic heterocycles. The first kappa shape index (κ1) is 12.3. The molecule has 1 heterocycles. The van der Waals surface area contributed by atoms with Gasteiger partial charge in [0.05, 0.1) is 0 Å². The Bertz CT molecular complexity index is 243. The highest BCUT2D eigenvalue weighted by molar-refractivity contribution is 5.07. The van der Waals surface area contributed by atoms with E-state index in [2.05, 4.69) is 18.7 Å². The van der Waals surface area contributed by atoms with E-state index in [-0.39, 0.29) is 5.92 Å². The molecular weight excluding hydrogens is 201 g/mol. The van der Waals surface area contributed by atoms with Gasteiger partial charge in [0.2, 0.25) is 0 Å². The summed E-state index contributed by atoms with van der Waals surface area (Å²) in [5, 5.41) is 0. The molecule has 1 saturated heterocycles. The van der Waals surface area contributed by atoms with Gasteiger partial charge in [-0.3, -0.25) is 0 Å². The maximum atomic E-state index is 14.3. The van der Waals surface area contributed by atoms with Crippen LogP contribution in [0, 0.1) is 11.3 Å². The summed E-state index contributed by atoms with van der Waals surface area (Å²) in [7, 11) is 0. The summed E-state index contributed by atoms with van der Waals surface area (Å²) in [5.41, 5.74) is -0.482. The van der Waals surface area contributed by atoms with Crippen molar-refractivity contribution in [2.24, 2.45) is 11.3 Å². The minimum absolute atomic E-state index is 0.196. The Balaban J connectivity index is 1.87. The zero-order valence-electron chi connectivity index (χ0n) is 11.2. The van der Waals surface area contributed by atoms with Crippen molar-refractivity contribution in [2.45, 2.75) is 65.1 Å². The van der Waals surface area contributed by atoms with Crippen LogP contribution in [0.2, 0.25) is 0 Å². The van der Waals surface area contributed by atoms with Crippen LogP contribution in [0.5, 0.6) is 0 Å². The second-order valence-electron chi connectivity index (χ2n) is 6.67. The number of nitrogens with zero attached hydrogens (tertiary/aromatic N) is 1. The molecule has 1 aliphatic heterocycles. The van der Waals surface area contributed by atoms with Gasteiger partial charge in [-0.05, 0) is 64.0 Å². The predicted molar refractivity (Wildman–Crippen MR) is 66.3 cm³/mol. The Kier molecular flexibility index (Phi) is 3.07. The van der Waals surface area contributed by atoms with Crippen molar-refractivity contribution in [3.05, 3.63) is 0 Å². The van der Waals surface area contributed by atoms with E-state index in [0.29, 0.717) is 11.5 Å². The highest BCUT2D eigenvalue weighted by atomic mass is 19.1. The highest BCUT2D eigenvalue weighted by Gasteiger charge is 2.57. The summed E-state index contributed by atoms with van der Waals surface area (Å²) in [6, 6.07) is 0.651. The van der Waals surface area contributed by atoms with E-state index in [9.17, 15) is 4.39 Å². The van der Waals surface area contributed by atoms with Crippen molar-refractivity contribution >= 4 is 0 Å². The molecular formula is C14H26FN. The zero-order valence-corrected chi connectivity index (χ0v) is 11.2. The Morgan fingerprint density at radius 3 is 1.88 bits per heavy atom. The van der Waals surface area contributed by atoms with Crippen LogP contribution in [0.4, 0.5) is 4.39 Å². The molecule has 2 aliphatic rings. The molecule has 0 amide bonds. The van der Waals surface area contributed by atoms with Crippen LogP contribution < -0.4 is 0 Å². The van der Waals surface area contributed by atoms with Crippen molar-refractivity contribution in [3.8, 4) is 0 Å². The molecule has 1 nitrogen and oxygen atoms in total. The SMILES string of the molecule is CC(C)N1CCC2(CC1)CC(F)(C(C)C)C2. The molecule has 0 radical (unpaired) electrons. The van der Waals surface area contributed by atoms with Crippen LogP contribution in [0.15, 0.2) is 0 Å². The smallest absolute Gasteiger partial charge is 0.114 e. The number of hydrogen-bond acceptors (Lipinski definition) is 1. The number of likely N-dealkylation sites (tertiary alicyclic amines) is 1. The van der Waals surface area contributed by atoms with E-state index in [1.54, 1.807) is 0 Å². The number of halogens is 1. The number of alkyl halides is 1. The van der Waals surface area contributed by atoms with Gasteiger partial charge in [0, 0.05) is 6.04 Å². The average Bonchev–Trinajstić information content (AvgIpc) is 2.16. The molecule has 16 heavy (non-hydrogen) atoms. The van der Waals surface area contributed by atoms with Gasteiger partial charge in [-0.25, -0.2) is 4.39 Å². The monoisotopic (exact) mass is 227 g/mol. The molecule has 2 rings (SSSR count). The minimum Gasteiger partial charge on any atom is -0.301 e. The summed E-state index contributed by atoms with van der Waals surface area (Å²) in [4.78, 5) is 2.53. The third kappa shape index (κ3) is 2.01. The van der Waals surface area contributed by atoms with E-state index in [4.69, 9.17) is 0 Å². The van der Waals surface area contributed by atoms with Gasteiger partial charge < -0.3 is 4.90 Å². The Hall–Kier alpha value is -0.110. The van der Waals surface area contributed by atoms with Crippen molar-refractivity contribution in [1.82, 2.24) is 4.90 Å². The molecule has 0 atom stereocenters. The van der Waals surface area contributed by atoms with E-state index in [1.807, 2.05) is 13.8 Å². The summed E-state index contributed by atoms with van der Waals surface area (Å²) in [5.74, 6) is 0.196. The maximum Gasteiger partial charge on any atom is 0.114 e. The van der Waals surface area contributed by atoms with Gasteiger partial charge in [-0.1, -0.05) is 13.8 Å². The number of rotatable bonds is 2. The lowest BCUT2D eigenvalue weighted by Gasteiger charge is -2.57. The Morgan fingerprint density at radius 1 is 1.00 bits per heavy atom. The lowest BCUT2D eigenvalue weighted by atomic mass is 9.53. The van der Waals surface area contributed by atoms with E-state index < -0.39 is 5.67 Å². The van der Waals surface area contributed by atoms with Crippen LogP contribution in [-0.2, 0) is 0 Å². The number of piperidine rings is 1. The lowest BCUT2D eigenvalue weighted by molar-refractivity contribution is -0.125. The van der Waals surface area contributed by atoms with Gasteiger partial charge in [0.1, 0.15) is 5.67 Å². The third-order valence-corrected chi connectivity index (χ3v) is 4.96. The standard InChI is InChI=1S/C14H26FN/c1-11(2)14(15)9-13(10-14)5-7-16(8-6-13)12(3)4/h11-12H,5-10H2,1-4H3. The van der Waals surface area contributed by atoms with Crippen LogP contribution >= 0.6 is 0 Å². The van der Waals surface area contributed by atoms with Crippen molar-refractivity contribution in [1.29, 1.82) is 0 Å². The third-order valence-electron chi connectivity index (χ3n) is 4.96. The summed E-state index contributed by atoms with van der Waals surface area (Å²) in [6.07, 6.45) is 4.07. The molecule has 0 unspecified atom stereocenters. The summed E-state index contributed by atoms with van der Waals surface area (Å²) in [6.45, 7) is 10.9. The average molecular weight is 227 g/mol. The first-order valence-corrected chi connectivity index (χ1v) is 6.80. The number of hydrogen-bond donors (Lipinski definition) is 0. The van der Waals surface area contributed by atoms with E-state index in [1.165, 1.54) is 25.9 Å². The molecule has 0 aromatic rings. The molecule has 1 spiro atoms. The van der Waals surface area contributed by atoms with Crippen molar-refractivity contribution in [3.63, 3.8) is 0 Å². The van der Waals surface area contributed by atoms with E-state index >= 15 is 0 Å². The predicted octanol–water partition coefficient (Wildman–Crippen LogP) is 3.64. The lowest BCUT2D eigenvalue weighted by Crippen LogP contribution is -2.56. The van der Waals surface area contributed by atoms with Gasteiger partial charge in [0.25, 0.3) is 0 Å². The summed E-state index contributed by atoms with van der Waals surface area (Å²) < 4.78 is 14.3.